The van der Waals surface area contributed by atoms with Gasteiger partial charge in [-0.2, -0.15) is 18.2 Å². The van der Waals surface area contributed by atoms with Crippen molar-refractivity contribution in [3.63, 3.8) is 0 Å². The van der Waals surface area contributed by atoms with E-state index in [-0.39, 0.29) is 29.6 Å². The van der Waals surface area contributed by atoms with Gasteiger partial charge in [-0.25, -0.2) is 14.0 Å². The van der Waals surface area contributed by atoms with Crippen molar-refractivity contribution in [2.24, 2.45) is 0 Å². The number of alkyl halides is 3. The zero-order valence-corrected chi connectivity index (χ0v) is 32.5. The van der Waals surface area contributed by atoms with Crippen LogP contribution >= 0.6 is 11.8 Å². The van der Waals surface area contributed by atoms with E-state index in [2.05, 4.69) is 23.7 Å². The highest BCUT2D eigenvalue weighted by atomic mass is 32.2. The molecule has 1 aliphatic rings. The SMILES string of the molecule is CCN(CC)CCN(Cc1ccc(Oc2ccc(C(F)(F)F)cc2)cc1)C(=O)Cn1c(SCc2ccc(F)cc2)nc(=O)c2c1CCC2.O=C(O)C(O)C(O)C(=O)O. The van der Waals surface area contributed by atoms with Gasteiger partial charge < -0.3 is 39.5 Å². The Kier molecular flexibility index (Phi) is 16.4. The summed E-state index contributed by atoms with van der Waals surface area (Å²) < 4.78 is 59.8. The second kappa shape index (κ2) is 20.9. The number of hydrogen-bond donors (Lipinski definition) is 4. The zero-order valence-electron chi connectivity index (χ0n) is 31.7. The minimum absolute atomic E-state index is 0.0225. The van der Waals surface area contributed by atoms with Crippen LogP contribution < -0.4 is 10.3 Å². The predicted octanol–water partition coefficient (Wildman–Crippen LogP) is 5.22. The number of benzene rings is 3. The Labute approximate surface area is 335 Å². The minimum Gasteiger partial charge on any atom is -0.479 e. The molecule has 0 bridgehead atoms. The number of carboxylic acids is 2. The molecule has 2 unspecified atom stereocenters. The maximum Gasteiger partial charge on any atom is 0.416 e. The number of rotatable bonds is 17. The van der Waals surface area contributed by atoms with Gasteiger partial charge in [0.25, 0.3) is 5.56 Å². The highest BCUT2D eigenvalue weighted by molar-refractivity contribution is 7.98. The smallest absolute Gasteiger partial charge is 0.416 e. The quantitative estimate of drug-likeness (QED) is 0.0620. The molecule has 3 aromatic carbocycles. The number of carbonyl (C=O) groups is 3. The van der Waals surface area contributed by atoms with Gasteiger partial charge in [0.1, 0.15) is 23.9 Å². The van der Waals surface area contributed by atoms with Gasteiger partial charge in [-0.1, -0.05) is 49.9 Å². The van der Waals surface area contributed by atoms with E-state index in [1.54, 1.807) is 29.2 Å². The Morgan fingerprint density at radius 1 is 0.845 bits per heavy atom. The Morgan fingerprint density at radius 2 is 1.40 bits per heavy atom. The lowest BCUT2D eigenvalue weighted by Crippen LogP contribution is -2.40. The average molecular weight is 833 g/mol. The standard InChI is InChI=1S/C36H38F4N4O3S.C4H6O6/c1-3-42(4-2)20-21-43(22-25-10-16-29(17-11-25)47-30-18-12-27(13-19-30)36(38,39)40)33(45)23-44-32-7-5-6-31(32)34(46)41-35(44)48-24-26-8-14-28(37)15-9-26;5-1(3(7)8)2(6)4(9)10/h8-19H,3-7,20-24H2,1-2H3;1-2,5-6H,(H,7,8)(H,9,10). The first kappa shape index (κ1) is 45.4. The van der Waals surface area contributed by atoms with Crippen molar-refractivity contribution in [2.75, 3.05) is 26.2 Å². The van der Waals surface area contributed by atoms with E-state index >= 15 is 0 Å². The molecule has 4 aromatic rings. The van der Waals surface area contributed by atoms with E-state index < -0.39 is 35.9 Å². The number of carbonyl (C=O) groups excluding carboxylic acids is 1. The van der Waals surface area contributed by atoms with Gasteiger partial charge in [-0.05, 0) is 92.0 Å². The molecular weight excluding hydrogens is 789 g/mol. The fourth-order valence-corrected chi connectivity index (χ4v) is 6.88. The van der Waals surface area contributed by atoms with Gasteiger partial charge >= 0.3 is 18.1 Å². The molecule has 0 saturated heterocycles. The van der Waals surface area contributed by atoms with E-state index in [0.717, 1.165) is 48.5 Å². The van der Waals surface area contributed by atoms with Crippen LogP contribution in [0.15, 0.2) is 82.7 Å². The van der Waals surface area contributed by atoms with Crippen LogP contribution in [0.1, 0.15) is 48.2 Å². The van der Waals surface area contributed by atoms with Crippen LogP contribution in [0, 0.1) is 5.82 Å². The van der Waals surface area contributed by atoms with Crippen LogP contribution in [-0.2, 0) is 52.2 Å². The van der Waals surface area contributed by atoms with Gasteiger partial charge in [0, 0.05) is 36.6 Å². The lowest BCUT2D eigenvalue weighted by Gasteiger charge is -2.28. The molecule has 1 aromatic heterocycles. The lowest BCUT2D eigenvalue weighted by atomic mass is 10.2. The number of ether oxygens (including phenoxy) is 1. The average Bonchev–Trinajstić information content (AvgIpc) is 3.70. The van der Waals surface area contributed by atoms with Crippen molar-refractivity contribution >= 4 is 29.6 Å². The van der Waals surface area contributed by atoms with Crippen molar-refractivity contribution in [2.45, 2.75) is 75.5 Å². The number of hydrogen-bond acceptors (Lipinski definition) is 10. The predicted molar refractivity (Wildman–Crippen MR) is 205 cm³/mol. The number of thioether (sulfide) groups is 1. The van der Waals surface area contributed by atoms with E-state index in [1.807, 2.05) is 16.7 Å². The number of amides is 1. The molecule has 1 aliphatic carbocycles. The zero-order chi connectivity index (χ0) is 42.6. The molecular formula is C40H44F4N4O9S. The summed E-state index contributed by atoms with van der Waals surface area (Å²) in [7, 11) is 0. The summed E-state index contributed by atoms with van der Waals surface area (Å²) >= 11 is 1.35. The van der Waals surface area contributed by atoms with E-state index in [4.69, 9.17) is 25.2 Å². The number of likely N-dealkylation sites (N-methyl/N-ethyl adjacent to an activating group) is 1. The first-order valence-corrected chi connectivity index (χ1v) is 19.2. The van der Waals surface area contributed by atoms with Gasteiger partial charge in [-0.3, -0.25) is 9.59 Å². The van der Waals surface area contributed by atoms with Crippen LogP contribution in [0.5, 0.6) is 11.5 Å². The highest BCUT2D eigenvalue weighted by Gasteiger charge is 2.31. The molecule has 0 saturated carbocycles. The van der Waals surface area contributed by atoms with Crippen LogP contribution in [0.4, 0.5) is 17.6 Å². The molecule has 312 valence electrons. The molecule has 0 fully saturated rings. The summed E-state index contributed by atoms with van der Waals surface area (Å²) in [6.45, 7) is 7.35. The summed E-state index contributed by atoms with van der Waals surface area (Å²) in [6, 6.07) is 17.8. The molecule has 5 rings (SSSR count). The van der Waals surface area contributed by atoms with Crippen LogP contribution in [0.25, 0.3) is 0 Å². The molecule has 1 heterocycles. The van der Waals surface area contributed by atoms with E-state index in [1.165, 1.54) is 36.0 Å². The molecule has 0 radical (unpaired) electrons. The molecule has 58 heavy (non-hydrogen) atoms. The monoisotopic (exact) mass is 832 g/mol. The van der Waals surface area contributed by atoms with Crippen LogP contribution in [0.3, 0.4) is 0 Å². The molecule has 2 atom stereocenters. The number of aromatic nitrogens is 2. The third-order valence-electron chi connectivity index (χ3n) is 9.23. The largest absolute Gasteiger partial charge is 0.479 e. The first-order valence-electron chi connectivity index (χ1n) is 18.3. The maximum atomic E-state index is 14.1. The molecule has 4 N–H and O–H groups in total. The number of nitrogens with zero attached hydrogens (tertiary/aromatic N) is 4. The number of aliphatic carboxylic acids is 2. The summed E-state index contributed by atoms with van der Waals surface area (Å²) in [6.07, 6.45) is -6.82. The van der Waals surface area contributed by atoms with Gasteiger partial charge in [0.05, 0.1) is 5.56 Å². The van der Waals surface area contributed by atoms with Crippen molar-refractivity contribution in [1.82, 2.24) is 19.4 Å². The summed E-state index contributed by atoms with van der Waals surface area (Å²) in [5.41, 5.74) is 2.23. The Balaban J connectivity index is 0.000000657. The molecule has 18 heteroatoms. The second-order valence-corrected chi connectivity index (χ2v) is 14.1. The van der Waals surface area contributed by atoms with Crippen LogP contribution in [0.2, 0.25) is 0 Å². The Bertz CT molecular complexity index is 2040. The third-order valence-corrected chi connectivity index (χ3v) is 10.3. The number of aliphatic hydroxyl groups excluding tert-OH is 2. The Morgan fingerprint density at radius 3 is 1.93 bits per heavy atom. The van der Waals surface area contributed by atoms with Gasteiger partial charge in [0.2, 0.25) is 5.91 Å². The fourth-order valence-electron chi connectivity index (χ4n) is 5.92. The van der Waals surface area contributed by atoms with Crippen molar-refractivity contribution < 1.29 is 57.1 Å². The van der Waals surface area contributed by atoms with Crippen molar-refractivity contribution in [3.05, 3.63) is 117 Å². The van der Waals surface area contributed by atoms with Crippen LogP contribution in [-0.4, -0.2) is 96.0 Å². The second-order valence-electron chi connectivity index (χ2n) is 13.2. The van der Waals surface area contributed by atoms with Crippen molar-refractivity contribution in [1.29, 1.82) is 0 Å². The summed E-state index contributed by atoms with van der Waals surface area (Å²) in [4.78, 5) is 55.0. The normalized spacial score (nSPS) is 13.3. The number of carboxylic acid groups (broad SMARTS) is 2. The van der Waals surface area contributed by atoms with Gasteiger partial charge in [0.15, 0.2) is 17.4 Å². The van der Waals surface area contributed by atoms with Crippen molar-refractivity contribution in [3.8, 4) is 11.5 Å². The van der Waals surface area contributed by atoms with E-state index in [9.17, 15) is 36.7 Å². The topological polar surface area (TPSA) is 183 Å². The first-order chi connectivity index (χ1) is 27.5. The molecule has 13 nitrogen and oxygen atoms in total. The van der Waals surface area contributed by atoms with Gasteiger partial charge in [-0.15, -0.1) is 0 Å². The fraction of sp³-hybridized carbons (Fsp3) is 0.375. The summed E-state index contributed by atoms with van der Waals surface area (Å²) in [5.74, 6) is -2.78. The molecule has 0 aliphatic heterocycles. The van der Waals surface area contributed by atoms with E-state index in [0.29, 0.717) is 54.7 Å². The minimum atomic E-state index is -4.42. The number of aliphatic hydroxyl groups is 2. The number of fused-ring (bicyclic) bond motifs is 1. The lowest BCUT2D eigenvalue weighted by molar-refractivity contribution is -0.165. The highest BCUT2D eigenvalue weighted by Crippen LogP contribution is 2.32. The maximum absolute atomic E-state index is 14.1. The molecule has 0 spiro atoms. The number of halogens is 4. The summed E-state index contributed by atoms with van der Waals surface area (Å²) in [5, 5.41) is 33.0. The molecule has 1 amide bonds. The Hall–Kier alpha value is -5.30. The third kappa shape index (κ3) is 12.9.